The fourth-order valence-electron chi connectivity index (χ4n) is 3.77. The van der Waals surface area contributed by atoms with Gasteiger partial charge in [-0.3, -0.25) is 15.1 Å². The van der Waals surface area contributed by atoms with Crippen LogP contribution in [-0.2, 0) is 9.63 Å². The Kier molecular flexibility index (Phi) is 7.79. The van der Waals surface area contributed by atoms with E-state index >= 15 is 0 Å². The van der Waals surface area contributed by atoms with E-state index < -0.39 is 5.97 Å². The average molecular weight is 337 g/mol. The van der Waals surface area contributed by atoms with Crippen molar-refractivity contribution in [1.29, 1.82) is 0 Å². The van der Waals surface area contributed by atoms with Crippen molar-refractivity contribution in [3.05, 3.63) is 23.9 Å². The standard InChI is InChI=1S/C19H31NO4/c1-2-3-4-5-17(21)9-8-14-6-7-15-12-16(13-18(14)15)20-24-11-10-19(22)23/h8-9,13-15,17-18,20-21H,2-7,10-12H2,1H3,(H,22,23)/t14-,15+,17?,18-/m0/s1. The molecule has 2 rings (SSSR count). The van der Waals surface area contributed by atoms with Crippen LogP contribution in [0.2, 0.25) is 0 Å². The van der Waals surface area contributed by atoms with Crippen LogP contribution in [-0.4, -0.2) is 28.9 Å². The lowest BCUT2D eigenvalue weighted by Crippen LogP contribution is -2.16. The van der Waals surface area contributed by atoms with Gasteiger partial charge in [-0.15, -0.1) is 0 Å². The number of carboxylic acids is 1. The van der Waals surface area contributed by atoms with Crippen LogP contribution in [0.1, 0.15) is 58.3 Å². The predicted molar refractivity (Wildman–Crippen MR) is 93.0 cm³/mol. The molecule has 4 atom stereocenters. The van der Waals surface area contributed by atoms with E-state index in [1.54, 1.807) is 0 Å². The first-order valence-electron chi connectivity index (χ1n) is 9.26. The van der Waals surface area contributed by atoms with Gasteiger partial charge in [-0.05, 0) is 43.4 Å². The monoisotopic (exact) mass is 337 g/mol. The minimum atomic E-state index is -0.850. The van der Waals surface area contributed by atoms with E-state index in [9.17, 15) is 9.90 Å². The van der Waals surface area contributed by atoms with Crippen LogP contribution in [0.15, 0.2) is 23.9 Å². The number of unbranched alkanes of at least 4 members (excludes halogenated alkanes) is 2. The van der Waals surface area contributed by atoms with Crippen LogP contribution < -0.4 is 5.48 Å². The van der Waals surface area contributed by atoms with Crippen LogP contribution in [0.3, 0.4) is 0 Å². The van der Waals surface area contributed by atoms with Crippen molar-refractivity contribution in [3.63, 3.8) is 0 Å². The maximum atomic E-state index is 10.5. The summed E-state index contributed by atoms with van der Waals surface area (Å²) in [6, 6.07) is 0. The van der Waals surface area contributed by atoms with E-state index in [0.29, 0.717) is 17.8 Å². The highest BCUT2D eigenvalue weighted by Crippen LogP contribution is 2.46. The number of hydroxylamine groups is 1. The molecule has 5 heteroatoms. The van der Waals surface area contributed by atoms with Gasteiger partial charge in [0, 0.05) is 5.70 Å². The van der Waals surface area contributed by atoms with Gasteiger partial charge in [0.05, 0.1) is 19.1 Å². The second kappa shape index (κ2) is 9.84. The molecule has 2 aliphatic rings. The molecule has 5 nitrogen and oxygen atoms in total. The summed E-state index contributed by atoms with van der Waals surface area (Å²) in [5.74, 6) is 0.794. The largest absolute Gasteiger partial charge is 0.481 e. The highest BCUT2D eigenvalue weighted by molar-refractivity contribution is 5.66. The predicted octanol–water partition coefficient (Wildman–Crippen LogP) is 3.41. The number of hydrogen-bond donors (Lipinski definition) is 3. The molecule has 0 aliphatic heterocycles. The topological polar surface area (TPSA) is 78.8 Å². The quantitative estimate of drug-likeness (QED) is 0.306. The highest BCUT2D eigenvalue weighted by atomic mass is 16.6. The Morgan fingerprint density at radius 2 is 2.29 bits per heavy atom. The molecule has 0 heterocycles. The maximum Gasteiger partial charge on any atom is 0.305 e. The SMILES string of the molecule is CCCCCC(O)C=C[C@@H]1CC[C@@H]2CC(NOCCC(=O)O)=C[C@H]21. The summed E-state index contributed by atoms with van der Waals surface area (Å²) in [5, 5.41) is 18.6. The molecular weight excluding hydrogens is 306 g/mol. The van der Waals surface area contributed by atoms with Gasteiger partial charge in [0.15, 0.2) is 0 Å². The number of aliphatic hydroxyl groups excluding tert-OH is 1. The fourth-order valence-corrected chi connectivity index (χ4v) is 3.77. The molecule has 0 amide bonds. The second-order valence-electron chi connectivity index (χ2n) is 7.02. The Balaban J connectivity index is 1.75. The number of nitrogens with one attached hydrogen (secondary N) is 1. The van der Waals surface area contributed by atoms with Crippen molar-refractivity contribution >= 4 is 5.97 Å². The summed E-state index contributed by atoms with van der Waals surface area (Å²) >= 11 is 0. The summed E-state index contributed by atoms with van der Waals surface area (Å²) in [4.78, 5) is 15.7. The molecular formula is C19H31NO4. The van der Waals surface area contributed by atoms with Gasteiger partial charge in [-0.25, -0.2) is 0 Å². The van der Waals surface area contributed by atoms with Gasteiger partial charge in [0.2, 0.25) is 0 Å². The van der Waals surface area contributed by atoms with E-state index in [1.807, 2.05) is 6.08 Å². The van der Waals surface area contributed by atoms with Crippen LogP contribution in [0, 0.1) is 17.8 Å². The summed E-state index contributed by atoms with van der Waals surface area (Å²) in [7, 11) is 0. The number of carbonyl (C=O) groups is 1. The summed E-state index contributed by atoms with van der Waals surface area (Å²) in [6.07, 6.45) is 13.7. The fraction of sp³-hybridized carbons (Fsp3) is 0.737. The molecule has 3 N–H and O–H groups in total. The van der Waals surface area contributed by atoms with Crippen LogP contribution in [0.5, 0.6) is 0 Å². The number of aliphatic hydroxyl groups is 1. The molecule has 0 radical (unpaired) electrons. The number of rotatable bonds is 11. The normalized spacial score (nSPS) is 27.2. The van der Waals surface area contributed by atoms with Crippen LogP contribution in [0.4, 0.5) is 0 Å². The minimum Gasteiger partial charge on any atom is -0.481 e. The van der Waals surface area contributed by atoms with Crippen molar-refractivity contribution in [2.24, 2.45) is 17.8 Å². The number of fused-ring (bicyclic) bond motifs is 1. The summed E-state index contributed by atoms with van der Waals surface area (Å²) < 4.78 is 0. The van der Waals surface area contributed by atoms with Gasteiger partial charge in [-0.2, -0.15) is 0 Å². The molecule has 1 saturated carbocycles. The molecule has 2 aliphatic carbocycles. The number of hydrogen-bond acceptors (Lipinski definition) is 4. The van der Waals surface area contributed by atoms with Crippen molar-refractivity contribution in [2.45, 2.75) is 64.4 Å². The maximum absolute atomic E-state index is 10.5. The molecule has 24 heavy (non-hydrogen) atoms. The first kappa shape index (κ1) is 19.0. The van der Waals surface area contributed by atoms with E-state index in [-0.39, 0.29) is 19.1 Å². The molecule has 1 unspecified atom stereocenters. The van der Waals surface area contributed by atoms with Crippen molar-refractivity contribution in [2.75, 3.05) is 6.61 Å². The first-order valence-corrected chi connectivity index (χ1v) is 9.26. The zero-order chi connectivity index (χ0) is 17.4. The molecule has 0 aromatic heterocycles. The average Bonchev–Trinajstić information content (AvgIpc) is 3.10. The number of allylic oxidation sites excluding steroid dienone is 3. The van der Waals surface area contributed by atoms with E-state index in [0.717, 1.165) is 25.0 Å². The third kappa shape index (κ3) is 5.95. The molecule has 0 spiro atoms. The summed E-state index contributed by atoms with van der Waals surface area (Å²) in [6.45, 7) is 2.35. The van der Waals surface area contributed by atoms with Crippen LogP contribution in [0.25, 0.3) is 0 Å². The molecule has 0 aromatic carbocycles. The van der Waals surface area contributed by atoms with Crippen LogP contribution >= 0.6 is 0 Å². The molecule has 0 bridgehead atoms. The Morgan fingerprint density at radius 1 is 1.46 bits per heavy atom. The van der Waals surface area contributed by atoms with E-state index in [1.165, 1.54) is 25.7 Å². The molecule has 0 aromatic rings. The van der Waals surface area contributed by atoms with E-state index in [4.69, 9.17) is 9.94 Å². The second-order valence-corrected chi connectivity index (χ2v) is 7.02. The van der Waals surface area contributed by atoms with E-state index in [2.05, 4.69) is 24.6 Å². The lowest BCUT2D eigenvalue weighted by molar-refractivity contribution is -0.138. The Hall–Kier alpha value is -1.33. The molecule has 0 saturated heterocycles. The Labute approximate surface area is 144 Å². The van der Waals surface area contributed by atoms with Gasteiger partial charge >= 0.3 is 5.97 Å². The van der Waals surface area contributed by atoms with Crippen molar-refractivity contribution in [3.8, 4) is 0 Å². The third-order valence-electron chi connectivity index (χ3n) is 5.09. The molecule has 1 fully saturated rings. The zero-order valence-corrected chi connectivity index (χ0v) is 14.6. The zero-order valence-electron chi connectivity index (χ0n) is 14.6. The third-order valence-corrected chi connectivity index (χ3v) is 5.09. The summed E-state index contributed by atoms with van der Waals surface area (Å²) in [5.41, 5.74) is 3.98. The Bertz CT molecular complexity index is 460. The lowest BCUT2D eigenvalue weighted by Gasteiger charge is -2.13. The molecule has 136 valence electrons. The lowest BCUT2D eigenvalue weighted by atomic mass is 9.92. The van der Waals surface area contributed by atoms with Gasteiger partial charge in [0.25, 0.3) is 0 Å². The first-order chi connectivity index (χ1) is 11.6. The minimum absolute atomic E-state index is 0.00835. The van der Waals surface area contributed by atoms with Gasteiger partial charge in [-0.1, -0.05) is 44.4 Å². The Morgan fingerprint density at radius 3 is 3.04 bits per heavy atom. The number of carboxylic acid groups (broad SMARTS) is 1. The highest BCUT2D eigenvalue weighted by Gasteiger charge is 2.37. The number of aliphatic carboxylic acids is 1. The van der Waals surface area contributed by atoms with Gasteiger partial charge < -0.3 is 10.2 Å². The van der Waals surface area contributed by atoms with Gasteiger partial charge in [0.1, 0.15) is 0 Å². The smallest absolute Gasteiger partial charge is 0.305 e. The van der Waals surface area contributed by atoms with Crippen molar-refractivity contribution in [1.82, 2.24) is 5.48 Å². The van der Waals surface area contributed by atoms with Crippen molar-refractivity contribution < 1.29 is 19.8 Å².